The van der Waals surface area contributed by atoms with Gasteiger partial charge in [0, 0.05) is 19.7 Å². The van der Waals surface area contributed by atoms with Crippen molar-refractivity contribution in [2.75, 3.05) is 19.7 Å². The molecule has 1 aromatic rings. The van der Waals surface area contributed by atoms with Gasteiger partial charge in [-0.05, 0) is 50.2 Å². The van der Waals surface area contributed by atoms with Crippen molar-refractivity contribution in [1.82, 2.24) is 4.90 Å². The minimum atomic E-state index is -4.39. The van der Waals surface area contributed by atoms with Crippen molar-refractivity contribution in [3.05, 3.63) is 35.4 Å². The van der Waals surface area contributed by atoms with Crippen LogP contribution in [0.5, 0.6) is 0 Å². The Morgan fingerprint density at radius 1 is 1.31 bits per heavy atom. The van der Waals surface area contributed by atoms with Gasteiger partial charge in [-0.3, -0.25) is 4.79 Å². The molecule has 144 valence electrons. The third-order valence-corrected chi connectivity index (χ3v) is 5.38. The van der Waals surface area contributed by atoms with Crippen LogP contribution < -0.4 is 0 Å². The van der Waals surface area contributed by atoms with E-state index in [1.807, 2.05) is 11.8 Å². The van der Waals surface area contributed by atoms with Crippen molar-refractivity contribution in [3.8, 4) is 0 Å². The van der Waals surface area contributed by atoms with Crippen molar-refractivity contribution in [3.63, 3.8) is 0 Å². The number of nitrogens with zero attached hydrogens (tertiary/aromatic N) is 1. The summed E-state index contributed by atoms with van der Waals surface area (Å²) in [4.78, 5) is 15.1. The Bertz CT molecular complexity index is 634. The van der Waals surface area contributed by atoms with Crippen LogP contribution in [0.1, 0.15) is 56.6 Å². The molecule has 1 unspecified atom stereocenters. The van der Waals surface area contributed by atoms with Crippen molar-refractivity contribution in [2.24, 2.45) is 0 Å². The molecular formula is C20H26F3NO2. The van der Waals surface area contributed by atoms with Crippen LogP contribution in [-0.2, 0) is 21.1 Å². The van der Waals surface area contributed by atoms with E-state index < -0.39 is 17.2 Å². The topological polar surface area (TPSA) is 29.5 Å². The van der Waals surface area contributed by atoms with E-state index >= 15 is 0 Å². The molecule has 1 saturated carbocycles. The molecule has 1 atom stereocenters. The van der Waals surface area contributed by atoms with Gasteiger partial charge in [-0.2, -0.15) is 13.2 Å². The fraction of sp³-hybridized carbons (Fsp3) is 0.650. The number of halogens is 3. The average Bonchev–Trinajstić information content (AvgIpc) is 3.43. The van der Waals surface area contributed by atoms with Crippen LogP contribution in [-0.4, -0.2) is 36.6 Å². The van der Waals surface area contributed by atoms with Crippen LogP contribution in [0.2, 0.25) is 0 Å². The molecule has 1 amide bonds. The van der Waals surface area contributed by atoms with Crippen LogP contribution >= 0.6 is 0 Å². The van der Waals surface area contributed by atoms with E-state index in [2.05, 4.69) is 0 Å². The second kappa shape index (κ2) is 7.59. The van der Waals surface area contributed by atoms with Crippen LogP contribution in [0.4, 0.5) is 13.2 Å². The molecule has 6 heteroatoms. The van der Waals surface area contributed by atoms with Gasteiger partial charge in [0.1, 0.15) is 0 Å². The van der Waals surface area contributed by atoms with Gasteiger partial charge in [-0.15, -0.1) is 0 Å². The van der Waals surface area contributed by atoms with Gasteiger partial charge >= 0.3 is 6.18 Å². The lowest BCUT2D eigenvalue weighted by atomic mass is 9.92. The summed E-state index contributed by atoms with van der Waals surface area (Å²) < 4.78 is 44.9. The Morgan fingerprint density at radius 3 is 2.65 bits per heavy atom. The van der Waals surface area contributed by atoms with Crippen molar-refractivity contribution < 1.29 is 22.7 Å². The Labute approximate surface area is 152 Å². The molecule has 2 aliphatic rings. The third kappa shape index (κ3) is 4.05. The lowest BCUT2D eigenvalue weighted by Crippen LogP contribution is -2.45. The van der Waals surface area contributed by atoms with Gasteiger partial charge in [-0.1, -0.05) is 25.1 Å². The molecule has 2 fully saturated rings. The second-order valence-corrected chi connectivity index (χ2v) is 7.40. The smallest absolute Gasteiger partial charge is 0.376 e. The highest BCUT2D eigenvalue weighted by molar-refractivity contribution is 5.91. The maximum Gasteiger partial charge on any atom is 0.416 e. The van der Waals surface area contributed by atoms with E-state index in [1.165, 1.54) is 6.07 Å². The molecule has 0 aromatic heterocycles. The third-order valence-electron chi connectivity index (χ3n) is 5.38. The van der Waals surface area contributed by atoms with Gasteiger partial charge in [0.25, 0.3) is 0 Å². The molecule has 0 N–H and O–H groups in total. The monoisotopic (exact) mass is 369 g/mol. The number of rotatable bonds is 6. The molecule has 1 aliphatic heterocycles. The standard InChI is InChI=1S/C20H26F3NO2/c1-2-11-24(14-17-8-3-4-12-26-17)18(25)19(9-10-19)15-6-5-7-16(13-15)20(21,22)23/h5-7,13,17H,2-4,8-12,14H2,1H3. The van der Waals surface area contributed by atoms with E-state index in [0.717, 1.165) is 44.4 Å². The number of amides is 1. The summed E-state index contributed by atoms with van der Waals surface area (Å²) in [5.74, 6) is -0.0483. The van der Waals surface area contributed by atoms with Crippen molar-refractivity contribution in [1.29, 1.82) is 0 Å². The van der Waals surface area contributed by atoms with E-state index in [-0.39, 0.29) is 12.0 Å². The minimum Gasteiger partial charge on any atom is -0.376 e. The fourth-order valence-corrected chi connectivity index (χ4v) is 3.79. The minimum absolute atomic E-state index is 0.0385. The van der Waals surface area contributed by atoms with Crippen molar-refractivity contribution in [2.45, 2.75) is 63.1 Å². The first-order chi connectivity index (χ1) is 12.4. The zero-order valence-electron chi connectivity index (χ0n) is 15.1. The highest BCUT2D eigenvalue weighted by atomic mass is 19.4. The zero-order chi connectivity index (χ0) is 18.8. The largest absolute Gasteiger partial charge is 0.416 e. The molecule has 26 heavy (non-hydrogen) atoms. The number of ether oxygens (including phenoxy) is 1. The van der Waals surface area contributed by atoms with E-state index in [1.54, 1.807) is 6.07 Å². The number of hydrogen-bond donors (Lipinski definition) is 0. The number of alkyl halides is 3. The zero-order valence-corrected chi connectivity index (χ0v) is 15.1. The molecule has 1 aliphatic carbocycles. The summed E-state index contributed by atoms with van der Waals surface area (Å²) in [5.41, 5.74) is -0.986. The molecule has 0 radical (unpaired) electrons. The Morgan fingerprint density at radius 2 is 2.08 bits per heavy atom. The van der Waals surface area contributed by atoms with Gasteiger partial charge in [-0.25, -0.2) is 0 Å². The number of carbonyl (C=O) groups is 1. The summed E-state index contributed by atoms with van der Waals surface area (Å²) in [6, 6.07) is 5.26. The normalized spacial score (nSPS) is 22.1. The quantitative estimate of drug-likeness (QED) is 0.737. The summed E-state index contributed by atoms with van der Waals surface area (Å²) in [6.07, 6.45) is 0.758. The molecule has 0 bridgehead atoms. The van der Waals surface area contributed by atoms with Crippen LogP contribution in [0.25, 0.3) is 0 Å². The predicted octanol–water partition coefficient (Wildman–Crippen LogP) is 4.54. The lowest BCUT2D eigenvalue weighted by molar-refractivity contribution is -0.139. The molecule has 1 saturated heterocycles. The summed E-state index contributed by atoms with van der Waals surface area (Å²) >= 11 is 0. The van der Waals surface area contributed by atoms with E-state index in [9.17, 15) is 18.0 Å². The second-order valence-electron chi connectivity index (χ2n) is 7.40. The summed E-state index contributed by atoms with van der Waals surface area (Å²) in [6.45, 7) is 3.87. The number of benzene rings is 1. The average molecular weight is 369 g/mol. The maximum atomic E-state index is 13.2. The Balaban J connectivity index is 1.79. The molecule has 3 nitrogen and oxygen atoms in total. The molecule has 0 spiro atoms. The Hall–Kier alpha value is -1.56. The first-order valence-corrected chi connectivity index (χ1v) is 9.45. The van der Waals surface area contributed by atoms with Gasteiger partial charge in [0.05, 0.1) is 17.1 Å². The fourth-order valence-electron chi connectivity index (χ4n) is 3.79. The van der Waals surface area contributed by atoms with Crippen LogP contribution in [0.15, 0.2) is 24.3 Å². The Kier molecular flexibility index (Phi) is 5.61. The van der Waals surface area contributed by atoms with Crippen molar-refractivity contribution >= 4 is 5.91 Å². The first-order valence-electron chi connectivity index (χ1n) is 9.45. The highest BCUT2D eigenvalue weighted by Gasteiger charge is 2.53. The van der Waals surface area contributed by atoms with E-state index in [0.29, 0.717) is 31.5 Å². The van der Waals surface area contributed by atoms with Crippen LogP contribution in [0, 0.1) is 0 Å². The lowest BCUT2D eigenvalue weighted by Gasteiger charge is -2.32. The maximum absolute atomic E-state index is 13.2. The first kappa shape index (κ1) is 19.2. The number of hydrogen-bond acceptors (Lipinski definition) is 2. The van der Waals surface area contributed by atoms with Gasteiger partial charge in [0.2, 0.25) is 5.91 Å². The van der Waals surface area contributed by atoms with Crippen LogP contribution in [0.3, 0.4) is 0 Å². The molecular weight excluding hydrogens is 343 g/mol. The van der Waals surface area contributed by atoms with Gasteiger partial charge in [0.15, 0.2) is 0 Å². The highest BCUT2D eigenvalue weighted by Crippen LogP contribution is 2.50. The molecule has 1 heterocycles. The molecule has 3 rings (SSSR count). The van der Waals surface area contributed by atoms with Gasteiger partial charge < -0.3 is 9.64 Å². The number of carbonyl (C=O) groups excluding carboxylic acids is 1. The predicted molar refractivity (Wildman–Crippen MR) is 92.8 cm³/mol. The SMILES string of the molecule is CCCN(CC1CCCCO1)C(=O)C1(c2cccc(C(F)(F)F)c2)CC1. The van der Waals surface area contributed by atoms with E-state index in [4.69, 9.17) is 4.74 Å². The summed E-state index contributed by atoms with van der Waals surface area (Å²) in [5, 5.41) is 0. The molecule has 1 aromatic carbocycles. The summed E-state index contributed by atoms with van der Waals surface area (Å²) in [7, 11) is 0.